The minimum Gasteiger partial charge on any atom is -0.342 e. The molecular weight excluding hydrogens is 186 g/mol. The van der Waals surface area contributed by atoms with Crippen molar-refractivity contribution in [2.45, 2.75) is 6.54 Å². The van der Waals surface area contributed by atoms with Gasteiger partial charge in [0.2, 0.25) is 0 Å². The first-order chi connectivity index (χ1) is 6.29. The molecule has 4 heteroatoms. The summed E-state index contributed by atoms with van der Waals surface area (Å²) in [5.74, 6) is 0. The molecule has 2 heterocycles. The van der Waals surface area contributed by atoms with Gasteiger partial charge in [-0.2, -0.15) is 0 Å². The number of fused-ring (bicyclic) bond motifs is 1. The minimum absolute atomic E-state index is 0.669. The molecule has 0 saturated heterocycles. The lowest BCUT2D eigenvalue weighted by molar-refractivity contribution is 0.799. The molecule has 0 fully saturated rings. The molecule has 0 radical (unpaired) electrons. The van der Waals surface area contributed by atoms with Gasteiger partial charge in [0, 0.05) is 23.8 Å². The number of hydrogen-bond acceptors (Lipinski definition) is 2. The molecule has 0 aliphatic rings. The van der Waals surface area contributed by atoms with Crippen LogP contribution in [0.1, 0.15) is 5.69 Å². The van der Waals surface area contributed by atoms with Crippen LogP contribution in [0.15, 0.2) is 18.3 Å². The largest absolute Gasteiger partial charge is 0.342 e. The van der Waals surface area contributed by atoms with Gasteiger partial charge in [-0.05, 0) is 19.2 Å². The van der Waals surface area contributed by atoms with E-state index in [1.807, 2.05) is 19.2 Å². The molecule has 13 heavy (non-hydrogen) atoms. The summed E-state index contributed by atoms with van der Waals surface area (Å²) in [4.78, 5) is 7.36. The topological polar surface area (TPSA) is 40.7 Å². The fourth-order valence-electron chi connectivity index (χ4n) is 1.33. The molecule has 2 aromatic heterocycles. The van der Waals surface area contributed by atoms with E-state index < -0.39 is 0 Å². The Kier molecular flexibility index (Phi) is 2.20. The summed E-state index contributed by atoms with van der Waals surface area (Å²) in [6, 6.07) is 3.95. The van der Waals surface area contributed by atoms with Crippen LogP contribution in [0.25, 0.3) is 11.0 Å². The Hall–Kier alpha value is -1.06. The maximum atomic E-state index is 5.81. The highest BCUT2D eigenvalue weighted by molar-refractivity contribution is 6.31. The van der Waals surface area contributed by atoms with Crippen LogP contribution in [0.4, 0.5) is 0 Å². The van der Waals surface area contributed by atoms with E-state index in [1.54, 1.807) is 6.20 Å². The van der Waals surface area contributed by atoms with Gasteiger partial charge in [0.25, 0.3) is 0 Å². The van der Waals surface area contributed by atoms with Gasteiger partial charge in [-0.1, -0.05) is 11.6 Å². The summed E-state index contributed by atoms with van der Waals surface area (Å²) in [7, 11) is 1.91. The van der Waals surface area contributed by atoms with E-state index in [2.05, 4.69) is 15.3 Å². The predicted molar refractivity (Wildman–Crippen MR) is 53.9 cm³/mol. The smallest absolute Gasteiger partial charge is 0.137 e. The second-order valence-corrected chi connectivity index (χ2v) is 3.35. The molecule has 68 valence electrons. The van der Waals surface area contributed by atoms with Crippen molar-refractivity contribution in [2.75, 3.05) is 7.05 Å². The molecule has 3 nitrogen and oxygen atoms in total. The average molecular weight is 196 g/mol. The van der Waals surface area contributed by atoms with Crippen molar-refractivity contribution in [1.29, 1.82) is 0 Å². The highest BCUT2D eigenvalue weighted by Crippen LogP contribution is 2.17. The Labute approximate surface area is 81.1 Å². The molecule has 0 atom stereocenters. The number of aromatic amines is 1. The van der Waals surface area contributed by atoms with Gasteiger partial charge in [0.05, 0.1) is 5.02 Å². The first-order valence-corrected chi connectivity index (χ1v) is 4.45. The number of aromatic nitrogens is 2. The van der Waals surface area contributed by atoms with E-state index in [4.69, 9.17) is 11.6 Å². The zero-order valence-corrected chi connectivity index (χ0v) is 8.02. The maximum Gasteiger partial charge on any atom is 0.137 e. The Morgan fingerprint density at radius 2 is 2.38 bits per heavy atom. The third-order valence-corrected chi connectivity index (χ3v) is 2.07. The predicted octanol–water partition coefficient (Wildman–Crippen LogP) is 1.94. The number of pyridine rings is 1. The second kappa shape index (κ2) is 3.36. The van der Waals surface area contributed by atoms with E-state index in [1.165, 1.54) is 0 Å². The monoisotopic (exact) mass is 195 g/mol. The third kappa shape index (κ3) is 1.66. The molecule has 2 aromatic rings. The Balaban J connectivity index is 2.49. The fourth-order valence-corrected chi connectivity index (χ4v) is 1.50. The number of nitrogens with zero attached hydrogens (tertiary/aromatic N) is 1. The molecule has 2 N–H and O–H groups in total. The average Bonchev–Trinajstić information content (AvgIpc) is 2.46. The van der Waals surface area contributed by atoms with Crippen molar-refractivity contribution >= 4 is 22.6 Å². The van der Waals surface area contributed by atoms with E-state index in [0.717, 1.165) is 23.3 Å². The van der Waals surface area contributed by atoms with Crippen molar-refractivity contribution in [3.8, 4) is 0 Å². The van der Waals surface area contributed by atoms with Gasteiger partial charge in [-0.25, -0.2) is 4.98 Å². The first-order valence-electron chi connectivity index (χ1n) is 4.07. The normalized spacial score (nSPS) is 10.9. The van der Waals surface area contributed by atoms with Gasteiger partial charge >= 0.3 is 0 Å². The van der Waals surface area contributed by atoms with Crippen LogP contribution in [0, 0.1) is 0 Å². The molecule has 0 aromatic carbocycles. The molecule has 2 rings (SSSR count). The van der Waals surface area contributed by atoms with Crippen LogP contribution in [0.3, 0.4) is 0 Å². The third-order valence-electron chi connectivity index (χ3n) is 1.86. The molecule has 0 aliphatic carbocycles. The van der Waals surface area contributed by atoms with Gasteiger partial charge in [0.15, 0.2) is 0 Å². The molecule has 0 aliphatic heterocycles. The molecule has 0 unspecified atom stereocenters. The summed E-state index contributed by atoms with van der Waals surface area (Å²) in [5, 5.41) is 4.79. The van der Waals surface area contributed by atoms with Crippen LogP contribution in [0.2, 0.25) is 5.02 Å². The lowest BCUT2D eigenvalue weighted by Gasteiger charge is -1.91. The van der Waals surface area contributed by atoms with E-state index in [-0.39, 0.29) is 0 Å². The number of hydrogen-bond donors (Lipinski definition) is 2. The fraction of sp³-hybridized carbons (Fsp3) is 0.222. The van der Waals surface area contributed by atoms with Crippen molar-refractivity contribution in [3.05, 3.63) is 29.0 Å². The van der Waals surface area contributed by atoms with Crippen molar-refractivity contribution in [1.82, 2.24) is 15.3 Å². The van der Waals surface area contributed by atoms with Gasteiger partial charge in [-0.3, -0.25) is 0 Å². The Morgan fingerprint density at radius 1 is 1.54 bits per heavy atom. The summed E-state index contributed by atoms with van der Waals surface area (Å²) >= 11 is 5.81. The number of halogens is 1. The Bertz CT molecular complexity index is 422. The molecular formula is C9H10ClN3. The summed E-state index contributed by atoms with van der Waals surface area (Å²) in [5.41, 5.74) is 2.00. The molecule has 0 saturated carbocycles. The van der Waals surface area contributed by atoms with Crippen molar-refractivity contribution in [3.63, 3.8) is 0 Å². The van der Waals surface area contributed by atoms with Gasteiger partial charge in [-0.15, -0.1) is 0 Å². The lowest BCUT2D eigenvalue weighted by atomic mass is 10.3. The quantitative estimate of drug-likeness (QED) is 0.769. The minimum atomic E-state index is 0.669. The lowest BCUT2D eigenvalue weighted by Crippen LogP contribution is -2.04. The van der Waals surface area contributed by atoms with Crippen molar-refractivity contribution < 1.29 is 0 Å². The van der Waals surface area contributed by atoms with E-state index in [9.17, 15) is 0 Å². The van der Waals surface area contributed by atoms with Crippen LogP contribution in [-0.4, -0.2) is 17.0 Å². The second-order valence-electron chi connectivity index (χ2n) is 2.92. The first kappa shape index (κ1) is 8.53. The van der Waals surface area contributed by atoms with Crippen LogP contribution < -0.4 is 5.32 Å². The zero-order valence-electron chi connectivity index (χ0n) is 7.26. The standard InChI is InChI=1S/C9H10ClN3/c1-11-5-8-3-6-2-7(10)4-12-9(6)13-8/h2-4,11H,5H2,1H3,(H,12,13). The molecule has 0 spiro atoms. The molecule has 0 amide bonds. The molecule has 0 bridgehead atoms. The van der Waals surface area contributed by atoms with Gasteiger partial charge < -0.3 is 10.3 Å². The SMILES string of the molecule is CNCc1cc2cc(Cl)cnc2[nH]1. The van der Waals surface area contributed by atoms with Gasteiger partial charge in [0.1, 0.15) is 5.65 Å². The van der Waals surface area contributed by atoms with Crippen LogP contribution >= 0.6 is 11.6 Å². The van der Waals surface area contributed by atoms with Crippen LogP contribution in [0.5, 0.6) is 0 Å². The number of H-pyrrole nitrogens is 1. The zero-order chi connectivity index (χ0) is 9.26. The highest BCUT2D eigenvalue weighted by Gasteiger charge is 2.00. The Morgan fingerprint density at radius 3 is 3.15 bits per heavy atom. The van der Waals surface area contributed by atoms with Crippen molar-refractivity contribution in [2.24, 2.45) is 0 Å². The summed E-state index contributed by atoms with van der Waals surface area (Å²) in [6.07, 6.45) is 1.64. The highest BCUT2D eigenvalue weighted by atomic mass is 35.5. The summed E-state index contributed by atoms with van der Waals surface area (Å²) in [6.45, 7) is 0.813. The number of nitrogens with one attached hydrogen (secondary N) is 2. The van der Waals surface area contributed by atoms with E-state index >= 15 is 0 Å². The maximum absolute atomic E-state index is 5.81. The number of rotatable bonds is 2. The van der Waals surface area contributed by atoms with E-state index in [0.29, 0.717) is 5.02 Å². The van der Waals surface area contributed by atoms with Crippen LogP contribution in [-0.2, 0) is 6.54 Å². The summed E-state index contributed by atoms with van der Waals surface area (Å²) < 4.78 is 0.